The van der Waals surface area contributed by atoms with E-state index in [1.807, 2.05) is 55.1 Å². The number of hydrogen-bond acceptors (Lipinski definition) is 10. The molecule has 2 aliphatic heterocycles. The van der Waals surface area contributed by atoms with E-state index in [0.29, 0.717) is 62.0 Å². The van der Waals surface area contributed by atoms with Gasteiger partial charge < -0.3 is 20.9 Å². The largest absolute Gasteiger partial charge is 0.348 e. The summed E-state index contributed by atoms with van der Waals surface area (Å²) in [4.78, 5) is 52.1. The molecule has 2 atom stereocenters. The van der Waals surface area contributed by atoms with Crippen molar-refractivity contribution in [1.82, 2.24) is 25.1 Å². The van der Waals surface area contributed by atoms with Crippen LogP contribution in [0.25, 0.3) is 0 Å². The summed E-state index contributed by atoms with van der Waals surface area (Å²) in [6.45, 7) is 13.1. The van der Waals surface area contributed by atoms with Gasteiger partial charge in [0.05, 0.1) is 66.5 Å². The van der Waals surface area contributed by atoms with Gasteiger partial charge in [-0.3, -0.25) is 24.4 Å². The van der Waals surface area contributed by atoms with Gasteiger partial charge in [-0.2, -0.15) is 0 Å². The van der Waals surface area contributed by atoms with Crippen LogP contribution in [0, 0.1) is 11.8 Å². The minimum absolute atomic E-state index is 0.0151. The zero-order valence-electron chi connectivity index (χ0n) is 40.3. The minimum atomic E-state index is -3.28. The topological polar surface area (TPSA) is 190 Å². The van der Waals surface area contributed by atoms with Crippen molar-refractivity contribution in [3.05, 3.63) is 187 Å². The van der Waals surface area contributed by atoms with Gasteiger partial charge in [-0.05, 0) is 94.8 Å². The van der Waals surface area contributed by atoms with Gasteiger partial charge in [-0.1, -0.05) is 125 Å². The third-order valence-corrected chi connectivity index (χ3v) is 16.3. The number of sulfone groups is 2. The van der Waals surface area contributed by atoms with Crippen molar-refractivity contribution in [3.8, 4) is 0 Å². The van der Waals surface area contributed by atoms with Gasteiger partial charge in [-0.15, -0.1) is 0 Å². The number of carbonyl (C=O) groups excluding carboxylic acids is 3. The van der Waals surface area contributed by atoms with E-state index in [1.165, 1.54) is 18.3 Å². The van der Waals surface area contributed by atoms with E-state index >= 15 is 0 Å². The fourth-order valence-corrected chi connectivity index (χ4v) is 10.4. The lowest BCUT2D eigenvalue weighted by molar-refractivity contribution is 0.0656. The Hall–Kier alpha value is -5.68. The van der Waals surface area contributed by atoms with Crippen LogP contribution in [0.4, 0.5) is 0 Å². The number of fused-ring (bicyclic) bond motifs is 2. The Labute approximate surface area is 431 Å². The van der Waals surface area contributed by atoms with E-state index in [2.05, 4.69) is 29.1 Å². The van der Waals surface area contributed by atoms with Crippen molar-refractivity contribution in [2.45, 2.75) is 89.6 Å². The summed E-state index contributed by atoms with van der Waals surface area (Å²) in [5.41, 5.74) is 11.9. The molecular weight excluding hydrogens is 1000 g/mol. The molecule has 374 valence electrons. The number of carbonyl (C=O) groups is 3. The lowest BCUT2D eigenvalue weighted by Gasteiger charge is -2.27. The molecule has 8 rings (SSSR count). The first-order chi connectivity index (χ1) is 33.7. The third kappa shape index (κ3) is 13.2. The highest BCUT2D eigenvalue weighted by Gasteiger charge is 2.41. The van der Waals surface area contributed by atoms with Gasteiger partial charge in [0.15, 0.2) is 19.7 Å². The van der Waals surface area contributed by atoms with Crippen LogP contribution in [0.5, 0.6) is 0 Å². The van der Waals surface area contributed by atoms with Crippen molar-refractivity contribution in [2.24, 2.45) is 17.6 Å². The number of benzene rings is 4. The average Bonchev–Trinajstić information content (AvgIpc) is 3.80. The van der Waals surface area contributed by atoms with Gasteiger partial charge in [0.25, 0.3) is 17.7 Å². The van der Waals surface area contributed by atoms with Crippen LogP contribution in [-0.4, -0.2) is 65.8 Å². The zero-order chi connectivity index (χ0) is 51.8. The Morgan fingerprint density at radius 1 is 0.592 bits per heavy atom. The SMILES string of the molecule is CC(C)[C@H]1c2ncc(Cl)cc2C(=O)N1Cc1ccc(Cl)cc1.CCS(=O)(=O)c1ccc(CN)cc1.CCS(=O)(=O)c1ccc(CNC(=O)c2cnc3c(c2)C(=O)N(Cc2ccc(Cl)cc2)[C@H]3C(C)C)cc1. The molecule has 0 spiro atoms. The predicted octanol–water partition coefficient (Wildman–Crippen LogP) is 10.5. The molecule has 6 aromatic rings. The molecule has 13 nitrogen and oxygen atoms in total. The molecule has 0 aliphatic carbocycles. The van der Waals surface area contributed by atoms with Gasteiger partial charge in [0.2, 0.25) is 0 Å². The molecular formula is C53H57Cl3N6O7S2. The molecule has 4 heterocycles. The molecule has 71 heavy (non-hydrogen) atoms. The molecule has 0 saturated heterocycles. The van der Waals surface area contributed by atoms with Crippen molar-refractivity contribution in [1.29, 1.82) is 0 Å². The Bertz CT molecular complexity index is 3080. The summed E-state index contributed by atoms with van der Waals surface area (Å²) in [7, 11) is -6.34. The molecule has 0 fully saturated rings. The highest BCUT2D eigenvalue weighted by Crippen LogP contribution is 2.40. The summed E-state index contributed by atoms with van der Waals surface area (Å²) in [5.74, 6) is 0.0322. The number of halogens is 3. The number of hydrogen-bond donors (Lipinski definition) is 2. The molecule has 3 amide bonds. The summed E-state index contributed by atoms with van der Waals surface area (Å²) < 4.78 is 46.7. The second-order valence-corrected chi connectivity index (χ2v) is 23.6. The lowest BCUT2D eigenvalue weighted by Crippen LogP contribution is -2.30. The van der Waals surface area contributed by atoms with E-state index in [0.717, 1.165) is 27.9 Å². The Kier molecular flexibility index (Phi) is 18.2. The molecule has 0 saturated carbocycles. The number of nitrogens with zero attached hydrogens (tertiary/aromatic N) is 4. The first-order valence-corrected chi connectivity index (χ1v) is 27.5. The zero-order valence-corrected chi connectivity index (χ0v) is 44.2. The highest BCUT2D eigenvalue weighted by molar-refractivity contribution is 7.91. The molecule has 2 aliphatic rings. The average molecular weight is 1060 g/mol. The monoisotopic (exact) mass is 1060 g/mol. The maximum atomic E-state index is 13.4. The summed E-state index contributed by atoms with van der Waals surface area (Å²) in [6, 6.07) is 31.1. The number of aromatic nitrogens is 2. The van der Waals surface area contributed by atoms with Crippen LogP contribution >= 0.6 is 34.8 Å². The number of rotatable bonds is 14. The van der Waals surface area contributed by atoms with Crippen molar-refractivity contribution >= 4 is 72.2 Å². The molecule has 0 bridgehead atoms. The number of pyridine rings is 2. The van der Waals surface area contributed by atoms with Crippen LogP contribution in [0.2, 0.25) is 15.1 Å². The Morgan fingerprint density at radius 3 is 1.39 bits per heavy atom. The normalized spacial score (nSPS) is 15.2. The molecule has 3 N–H and O–H groups in total. The second-order valence-electron chi connectivity index (χ2n) is 17.7. The fourth-order valence-electron chi connectivity index (χ4n) is 8.25. The van der Waals surface area contributed by atoms with Gasteiger partial charge >= 0.3 is 0 Å². The van der Waals surface area contributed by atoms with Crippen molar-refractivity contribution in [3.63, 3.8) is 0 Å². The molecule has 4 aromatic carbocycles. The Morgan fingerprint density at radius 2 is 0.986 bits per heavy atom. The van der Waals surface area contributed by atoms with Crippen LogP contribution in [0.3, 0.4) is 0 Å². The van der Waals surface area contributed by atoms with E-state index in [4.69, 9.17) is 40.5 Å². The van der Waals surface area contributed by atoms with Gasteiger partial charge in [0, 0.05) is 48.6 Å². The molecule has 18 heteroatoms. The van der Waals surface area contributed by atoms with E-state index in [9.17, 15) is 31.2 Å². The van der Waals surface area contributed by atoms with Gasteiger partial charge in [-0.25, -0.2) is 16.8 Å². The smallest absolute Gasteiger partial charge is 0.256 e. The minimum Gasteiger partial charge on any atom is -0.348 e. The quantitative estimate of drug-likeness (QED) is 0.106. The summed E-state index contributed by atoms with van der Waals surface area (Å²) >= 11 is 17.9. The number of nitrogens with one attached hydrogen (secondary N) is 1. The second kappa shape index (κ2) is 23.7. The first kappa shape index (κ1) is 54.6. The van der Waals surface area contributed by atoms with Crippen LogP contribution in [-0.2, 0) is 45.9 Å². The Balaban J connectivity index is 0.000000198. The van der Waals surface area contributed by atoms with Gasteiger partial charge in [0.1, 0.15) is 0 Å². The van der Waals surface area contributed by atoms with Crippen LogP contribution < -0.4 is 11.1 Å². The lowest BCUT2D eigenvalue weighted by atomic mass is 9.99. The fraction of sp³-hybridized carbons (Fsp3) is 0.302. The van der Waals surface area contributed by atoms with Crippen LogP contribution in [0.1, 0.15) is 118 Å². The van der Waals surface area contributed by atoms with Crippen LogP contribution in [0.15, 0.2) is 131 Å². The summed E-state index contributed by atoms with van der Waals surface area (Å²) in [6.07, 6.45) is 3.11. The maximum Gasteiger partial charge on any atom is 0.256 e. The highest BCUT2D eigenvalue weighted by atomic mass is 35.5. The molecule has 0 radical (unpaired) electrons. The van der Waals surface area contributed by atoms with Crippen molar-refractivity contribution < 1.29 is 31.2 Å². The number of nitrogens with two attached hydrogens (primary N) is 1. The number of amides is 3. The van der Waals surface area contributed by atoms with Crippen molar-refractivity contribution in [2.75, 3.05) is 11.5 Å². The van der Waals surface area contributed by atoms with E-state index in [-0.39, 0.29) is 64.6 Å². The maximum absolute atomic E-state index is 13.4. The van der Waals surface area contributed by atoms with E-state index in [1.54, 1.807) is 85.6 Å². The van der Waals surface area contributed by atoms with E-state index < -0.39 is 19.7 Å². The standard InChI is InChI=1S/C27H28ClN3O4S.C17H16Cl2N2O.C9H13NO2S/c1-4-36(34,35)22-11-7-18(8-12-22)14-30-26(32)20-13-23-24(29-15-20)25(17(2)3)31(27(23)33)16-19-5-9-21(28)10-6-19;1-10(2)16-15-14(7-13(19)8-20-15)17(22)21(16)9-11-3-5-12(18)6-4-11;1-2-13(11,12)9-5-3-8(7-10)4-6-9/h5-13,15,17,25H,4,14,16H2,1-3H3,(H,30,32);3-8,10,16H,9H2,1-2H3;3-6H,2,7,10H2,1H3/t25-;16-;/m00./s1. The first-order valence-electron chi connectivity index (χ1n) is 23.1. The summed E-state index contributed by atoms with van der Waals surface area (Å²) in [5, 5.41) is 4.63. The molecule has 2 aromatic heterocycles. The third-order valence-electron chi connectivity index (χ3n) is 12.1. The predicted molar refractivity (Wildman–Crippen MR) is 279 cm³/mol. The molecule has 0 unspecified atom stereocenters.